The molecule has 0 fully saturated rings. The molecule has 0 spiro atoms. The van der Waals surface area contributed by atoms with Crippen molar-refractivity contribution in [1.29, 1.82) is 0 Å². The van der Waals surface area contributed by atoms with Gasteiger partial charge in [-0.2, -0.15) is 0 Å². The monoisotopic (exact) mass is 293 g/mol. The molecule has 0 atom stereocenters. The van der Waals surface area contributed by atoms with Crippen molar-refractivity contribution in [2.45, 2.75) is 31.3 Å². The van der Waals surface area contributed by atoms with Crippen molar-refractivity contribution in [3.8, 4) is 0 Å². The first-order valence-corrected chi connectivity index (χ1v) is 7.39. The van der Waals surface area contributed by atoms with Gasteiger partial charge in [0.15, 0.2) is 0 Å². The number of hydrogen-bond donors (Lipinski definition) is 3. The summed E-state index contributed by atoms with van der Waals surface area (Å²) in [7, 11) is -3.80. The standard InChI is InChI=1S/C10H15NO5S2/c1-6-8(4-7(17-6)9(12)13)18(15,16)11-5-10(2,3)14/h4,11,14H,5H2,1-3H3,(H,12,13). The van der Waals surface area contributed by atoms with Crippen molar-refractivity contribution >= 4 is 27.3 Å². The number of carboxylic acid groups (broad SMARTS) is 1. The van der Waals surface area contributed by atoms with E-state index < -0.39 is 21.6 Å². The third kappa shape index (κ3) is 3.77. The van der Waals surface area contributed by atoms with Crippen LogP contribution in [0.5, 0.6) is 0 Å². The maximum atomic E-state index is 11.9. The molecule has 0 saturated carbocycles. The predicted octanol–water partition coefficient (Wildman–Crippen LogP) is 0.804. The maximum Gasteiger partial charge on any atom is 0.345 e. The van der Waals surface area contributed by atoms with E-state index in [1.54, 1.807) is 0 Å². The summed E-state index contributed by atoms with van der Waals surface area (Å²) in [4.78, 5) is 11.1. The summed E-state index contributed by atoms with van der Waals surface area (Å²) in [5.41, 5.74) is -1.17. The molecule has 0 aliphatic carbocycles. The van der Waals surface area contributed by atoms with Crippen LogP contribution in [0, 0.1) is 6.92 Å². The fourth-order valence-corrected chi connectivity index (χ4v) is 3.82. The molecule has 8 heteroatoms. The van der Waals surface area contributed by atoms with Gasteiger partial charge in [0.2, 0.25) is 10.0 Å². The van der Waals surface area contributed by atoms with Gasteiger partial charge in [-0.3, -0.25) is 0 Å². The van der Waals surface area contributed by atoms with E-state index in [2.05, 4.69) is 4.72 Å². The molecule has 102 valence electrons. The lowest BCUT2D eigenvalue weighted by atomic mass is 10.1. The van der Waals surface area contributed by atoms with Crippen molar-refractivity contribution in [3.63, 3.8) is 0 Å². The molecular formula is C10H15NO5S2. The SMILES string of the molecule is Cc1sc(C(=O)O)cc1S(=O)(=O)NCC(C)(C)O. The molecule has 1 rings (SSSR count). The molecule has 0 aromatic carbocycles. The van der Waals surface area contributed by atoms with E-state index in [0.717, 1.165) is 17.4 Å². The highest BCUT2D eigenvalue weighted by molar-refractivity contribution is 7.89. The van der Waals surface area contributed by atoms with Gasteiger partial charge < -0.3 is 10.2 Å². The molecule has 0 aliphatic heterocycles. The van der Waals surface area contributed by atoms with Crippen LogP contribution in [0.3, 0.4) is 0 Å². The van der Waals surface area contributed by atoms with Gasteiger partial charge in [0.1, 0.15) is 4.88 Å². The zero-order valence-corrected chi connectivity index (χ0v) is 11.9. The molecule has 0 amide bonds. The van der Waals surface area contributed by atoms with E-state index >= 15 is 0 Å². The number of thiophene rings is 1. The fourth-order valence-electron chi connectivity index (χ4n) is 1.19. The summed E-state index contributed by atoms with van der Waals surface area (Å²) >= 11 is 0.901. The number of carbonyl (C=O) groups is 1. The molecule has 0 bridgehead atoms. The van der Waals surface area contributed by atoms with E-state index in [-0.39, 0.29) is 16.3 Å². The zero-order valence-electron chi connectivity index (χ0n) is 10.2. The molecule has 3 N–H and O–H groups in total. The highest BCUT2D eigenvalue weighted by Crippen LogP contribution is 2.25. The normalized spacial score (nSPS) is 12.7. The largest absolute Gasteiger partial charge is 0.477 e. The van der Waals surface area contributed by atoms with Crippen LogP contribution >= 0.6 is 11.3 Å². The Labute approximate surface area is 109 Å². The number of hydrogen-bond acceptors (Lipinski definition) is 5. The highest BCUT2D eigenvalue weighted by Gasteiger charge is 2.24. The van der Waals surface area contributed by atoms with Gasteiger partial charge in [0.25, 0.3) is 0 Å². The van der Waals surface area contributed by atoms with Crippen LogP contribution in [0.2, 0.25) is 0 Å². The van der Waals surface area contributed by atoms with Crippen LogP contribution in [0.25, 0.3) is 0 Å². The van der Waals surface area contributed by atoms with Crippen LogP contribution < -0.4 is 4.72 Å². The second-order valence-electron chi connectivity index (χ2n) is 4.47. The highest BCUT2D eigenvalue weighted by atomic mass is 32.2. The molecule has 6 nitrogen and oxygen atoms in total. The lowest BCUT2D eigenvalue weighted by Crippen LogP contribution is -2.38. The molecule has 1 aromatic rings. The minimum atomic E-state index is -3.80. The van der Waals surface area contributed by atoms with Gasteiger partial charge in [-0.05, 0) is 26.8 Å². The fraction of sp³-hybridized carbons (Fsp3) is 0.500. The summed E-state index contributed by atoms with van der Waals surface area (Å²) in [5, 5.41) is 18.3. The van der Waals surface area contributed by atoms with E-state index in [0.29, 0.717) is 4.88 Å². The third-order valence-corrected chi connectivity index (χ3v) is 4.76. The van der Waals surface area contributed by atoms with Gasteiger partial charge in [-0.15, -0.1) is 11.3 Å². The number of rotatable bonds is 5. The molecule has 0 radical (unpaired) electrons. The second-order valence-corrected chi connectivity index (χ2v) is 7.46. The van der Waals surface area contributed by atoms with Crippen LogP contribution in [0.15, 0.2) is 11.0 Å². The zero-order chi connectivity index (χ0) is 14.1. The molecule has 18 heavy (non-hydrogen) atoms. The number of nitrogens with one attached hydrogen (secondary N) is 1. The molecule has 0 saturated heterocycles. The first-order valence-electron chi connectivity index (χ1n) is 5.09. The topological polar surface area (TPSA) is 104 Å². The van der Waals surface area contributed by atoms with Gasteiger partial charge >= 0.3 is 5.97 Å². The Morgan fingerprint density at radius 3 is 2.44 bits per heavy atom. The van der Waals surface area contributed by atoms with Gasteiger partial charge in [0, 0.05) is 11.4 Å². The Bertz CT molecular complexity index is 553. The molecule has 1 heterocycles. The predicted molar refractivity (Wildman–Crippen MR) is 67.5 cm³/mol. The number of aromatic carboxylic acids is 1. The average molecular weight is 293 g/mol. The maximum absolute atomic E-state index is 11.9. The lowest BCUT2D eigenvalue weighted by molar-refractivity contribution is 0.0701. The summed E-state index contributed by atoms with van der Waals surface area (Å²) in [5.74, 6) is -1.16. The number of carboxylic acids is 1. The molecular weight excluding hydrogens is 278 g/mol. The Morgan fingerprint density at radius 2 is 2.06 bits per heavy atom. The van der Waals surface area contributed by atoms with E-state index in [9.17, 15) is 18.3 Å². The van der Waals surface area contributed by atoms with Crippen LogP contribution in [0.4, 0.5) is 0 Å². The first-order chi connectivity index (χ1) is 8.03. The van der Waals surface area contributed by atoms with Crippen molar-refractivity contribution in [2.75, 3.05) is 6.54 Å². The molecule has 1 aromatic heterocycles. The number of aliphatic hydroxyl groups is 1. The van der Waals surface area contributed by atoms with Crippen molar-refractivity contribution in [1.82, 2.24) is 4.72 Å². The van der Waals surface area contributed by atoms with Gasteiger partial charge in [-0.25, -0.2) is 17.9 Å². The second kappa shape index (κ2) is 4.96. The quantitative estimate of drug-likeness (QED) is 0.745. The minimum Gasteiger partial charge on any atom is -0.477 e. The average Bonchev–Trinajstić information content (AvgIpc) is 2.57. The lowest BCUT2D eigenvalue weighted by Gasteiger charge is -2.17. The minimum absolute atomic E-state index is 0.0314. The van der Waals surface area contributed by atoms with E-state index in [4.69, 9.17) is 5.11 Å². The summed E-state index contributed by atoms with van der Waals surface area (Å²) in [6.45, 7) is 4.33. The number of aryl methyl sites for hydroxylation is 1. The molecule has 0 aliphatic rings. The van der Waals surface area contributed by atoms with Gasteiger partial charge in [0.05, 0.1) is 10.5 Å². The van der Waals surface area contributed by atoms with Crippen LogP contribution in [-0.2, 0) is 10.0 Å². The first kappa shape index (κ1) is 15.1. The third-order valence-electron chi connectivity index (χ3n) is 2.07. The summed E-state index contributed by atoms with van der Waals surface area (Å²) in [6.07, 6.45) is 0. The Morgan fingerprint density at radius 1 is 1.50 bits per heavy atom. The van der Waals surface area contributed by atoms with Crippen LogP contribution in [0.1, 0.15) is 28.4 Å². The smallest absolute Gasteiger partial charge is 0.345 e. The Kier molecular flexibility index (Phi) is 4.16. The van der Waals surface area contributed by atoms with E-state index in [1.165, 1.54) is 20.8 Å². The van der Waals surface area contributed by atoms with Crippen LogP contribution in [-0.4, -0.2) is 36.7 Å². The summed E-state index contributed by atoms with van der Waals surface area (Å²) in [6, 6.07) is 1.12. The Balaban J connectivity index is 3.02. The van der Waals surface area contributed by atoms with Crippen molar-refractivity contribution < 1.29 is 23.4 Å². The van der Waals surface area contributed by atoms with Crippen molar-refractivity contribution in [2.24, 2.45) is 0 Å². The van der Waals surface area contributed by atoms with Crippen molar-refractivity contribution in [3.05, 3.63) is 15.8 Å². The van der Waals surface area contributed by atoms with E-state index in [1.807, 2.05) is 0 Å². The Hall–Kier alpha value is -0.960. The molecule has 0 unspecified atom stereocenters. The summed E-state index contributed by atoms with van der Waals surface area (Å²) < 4.78 is 26.1. The number of sulfonamides is 1. The van der Waals surface area contributed by atoms with Gasteiger partial charge in [-0.1, -0.05) is 0 Å².